The van der Waals surface area contributed by atoms with Crippen LogP contribution in [0.5, 0.6) is 0 Å². The van der Waals surface area contributed by atoms with Crippen LogP contribution in [-0.4, -0.2) is 8.42 Å². The molecule has 0 fully saturated rings. The second-order valence-electron chi connectivity index (χ2n) is 3.93. The van der Waals surface area contributed by atoms with Crippen LogP contribution in [0, 0.1) is 0 Å². The second-order valence-corrected chi connectivity index (χ2v) is 7.47. The SMILES string of the molecule is O=S(=O)(Nc1cccc2occc12)c1scc(Cl)c1Cl. The molecule has 0 amide bonds. The molecule has 0 unspecified atom stereocenters. The highest BCUT2D eigenvalue weighted by molar-refractivity contribution is 7.94. The molecule has 0 atom stereocenters. The quantitative estimate of drug-likeness (QED) is 0.752. The Bertz CT molecular complexity index is 883. The van der Waals surface area contributed by atoms with Crippen LogP contribution in [0.15, 0.2) is 44.5 Å². The van der Waals surface area contributed by atoms with Gasteiger partial charge in [-0.15, -0.1) is 11.3 Å². The molecule has 20 heavy (non-hydrogen) atoms. The third-order valence-corrected chi connectivity index (χ3v) is 6.68. The highest BCUT2D eigenvalue weighted by atomic mass is 35.5. The van der Waals surface area contributed by atoms with E-state index in [0.717, 1.165) is 11.3 Å². The van der Waals surface area contributed by atoms with Gasteiger partial charge in [0.15, 0.2) is 4.21 Å². The average Bonchev–Trinajstić information content (AvgIpc) is 2.98. The van der Waals surface area contributed by atoms with Crippen molar-refractivity contribution in [3.63, 3.8) is 0 Å². The van der Waals surface area contributed by atoms with Gasteiger partial charge in [0.2, 0.25) is 0 Å². The molecule has 4 nitrogen and oxygen atoms in total. The van der Waals surface area contributed by atoms with E-state index >= 15 is 0 Å². The minimum Gasteiger partial charge on any atom is -0.464 e. The molecule has 0 aliphatic carbocycles. The van der Waals surface area contributed by atoms with Crippen molar-refractivity contribution in [2.45, 2.75) is 4.21 Å². The summed E-state index contributed by atoms with van der Waals surface area (Å²) in [5, 5.41) is 2.41. The van der Waals surface area contributed by atoms with Gasteiger partial charge in [0.05, 0.1) is 22.0 Å². The van der Waals surface area contributed by atoms with Crippen molar-refractivity contribution in [2.24, 2.45) is 0 Å². The number of thiophene rings is 1. The van der Waals surface area contributed by atoms with Crippen LogP contribution in [0.3, 0.4) is 0 Å². The van der Waals surface area contributed by atoms with E-state index in [1.165, 1.54) is 11.6 Å². The number of halogens is 2. The van der Waals surface area contributed by atoms with E-state index < -0.39 is 10.0 Å². The van der Waals surface area contributed by atoms with Crippen molar-refractivity contribution in [3.05, 3.63) is 46.0 Å². The predicted molar refractivity (Wildman–Crippen MR) is 81.4 cm³/mol. The molecule has 2 aromatic heterocycles. The van der Waals surface area contributed by atoms with Gasteiger partial charge in [-0.1, -0.05) is 29.3 Å². The highest BCUT2D eigenvalue weighted by Gasteiger charge is 2.23. The second kappa shape index (κ2) is 4.96. The molecule has 0 bridgehead atoms. The van der Waals surface area contributed by atoms with Crippen LogP contribution in [0.4, 0.5) is 5.69 Å². The third kappa shape index (κ3) is 2.29. The summed E-state index contributed by atoms with van der Waals surface area (Å²) in [6, 6.07) is 6.80. The average molecular weight is 348 g/mol. The Hall–Kier alpha value is -1.21. The molecule has 3 aromatic rings. The Labute approximate surface area is 129 Å². The zero-order valence-corrected chi connectivity index (χ0v) is 12.9. The third-order valence-electron chi connectivity index (χ3n) is 2.64. The number of nitrogens with one attached hydrogen (secondary N) is 1. The maximum absolute atomic E-state index is 12.3. The van der Waals surface area contributed by atoms with Gasteiger partial charge in [0.1, 0.15) is 5.58 Å². The van der Waals surface area contributed by atoms with Gasteiger partial charge in [-0.2, -0.15) is 0 Å². The summed E-state index contributed by atoms with van der Waals surface area (Å²) < 4.78 is 32.4. The number of sulfonamides is 1. The fourth-order valence-corrected chi connectivity index (χ4v) is 4.88. The molecule has 104 valence electrons. The molecule has 0 saturated heterocycles. The summed E-state index contributed by atoms with van der Waals surface area (Å²) in [7, 11) is -3.78. The topological polar surface area (TPSA) is 59.3 Å². The number of benzene rings is 1. The molecule has 0 aliphatic rings. The van der Waals surface area contributed by atoms with Gasteiger partial charge in [0, 0.05) is 10.8 Å². The number of fused-ring (bicyclic) bond motifs is 1. The zero-order chi connectivity index (χ0) is 14.3. The summed E-state index contributed by atoms with van der Waals surface area (Å²) >= 11 is 12.7. The van der Waals surface area contributed by atoms with Gasteiger partial charge in [-0.3, -0.25) is 4.72 Å². The zero-order valence-electron chi connectivity index (χ0n) is 9.76. The summed E-state index contributed by atoms with van der Waals surface area (Å²) in [5.41, 5.74) is 1.03. The fourth-order valence-electron chi connectivity index (χ4n) is 1.76. The molecular weight excluding hydrogens is 341 g/mol. The van der Waals surface area contributed by atoms with Crippen LogP contribution in [0.25, 0.3) is 11.0 Å². The first-order chi connectivity index (χ1) is 9.49. The number of anilines is 1. The Morgan fingerprint density at radius 1 is 1.20 bits per heavy atom. The monoisotopic (exact) mass is 347 g/mol. The molecule has 0 spiro atoms. The minimum atomic E-state index is -3.78. The summed E-state index contributed by atoms with van der Waals surface area (Å²) in [5.74, 6) is 0. The molecule has 0 aliphatic heterocycles. The number of furan rings is 1. The van der Waals surface area contributed by atoms with E-state index in [4.69, 9.17) is 27.6 Å². The summed E-state index contributed by atoms with van der Waals surface area (Å²) in [6.07, 6.45) is 1.50. The lowest BCUT2D eigenvalue weighted by Crippen LogP contribution is -2.12. The predicted octanol–water partition coefficient (Wildman–Crippen LogP) is 4.60. The van der Waals surface area contributed by atoms with Crippen molar-refractivity contribution in [2.75, 3.05) is 4.72 Å². The maximum Gasteiger partial charge on any atom is 0.272 e. The van der Waals surface area contributed by atoms with Crippen molar-refractivity contribution >= 4 is 61.2 Å². The molecular formula is C12H7Cl2NO3S2. The summed E-state index contributed by atoms with van der Waals surface area (Å²) in [6.45, 7) is 0. The van der Waals surface area contributed by atoms with E-state index in [9.17, 15) is 8.42 Å². The van der Waals surface area contributed by atoms with Crippen molar-refractivity contribution in [1.82, 2.24) is 0 Å². The van der Waals surface area contributed by atoms with Gasteiger partial charge in [-0.25, -0.2) is 8.42 Å². The molecule has 1 N–H and O–H groups in total. The van der Waals surface area contributed by atoms with Crippen LogP contribution < -0.4 is 4.72 Å². The van der Waals surface area contributed by atoms with Crippen molar-refractivity contribution in [3.8, 4) is 0 Å². The smallest absolute Gasteiger partial charge is 0.272 e. The Morgan fingerprint density at radius 3 is 2.70 bits per heavy atom. The number of hydrogen-bond donors (Lipinski definition) is 1. The molecule has 0 saturated carbocycles. The van der Waals surface area contributed by atoms with Crippen LogP contribution in [0.2, 0.25) is 10.0 Å². The minimum absolute atomic E-state index is 0.00957. The number of rotatable bonds is 3. The molecule has 0 radical (unpaired) electrons. The van der Waals surface area contributed by atoms with Crippen LogP contribution in [0.1, 0.15) is 0 Å². The molecule has 8 heteroatoms. The Morgan fingerprint density at radius 2 is 2.00 bits per heavy atom. The van der Waals surface area contributed by atoms with E-state index in [-0.39, 0.29) is 14.3 Å². The van der Waals surface area contributed by atoms with E-state index in [2.05, 4.69) is 4.72 Å². The van der Waals surface area contributed by atoms with Crippen molar-refractivity contribution < 1.29 is 12.8 Å². The largest absolute Gasteiger partial charge is 0.464 e. The molecule has 3 rings (SSSR count). The van der Waals surface area contributed by atoms with Gasteiger partial charge in [-0.05, 0) is 18.2 Å². The van der Waals surface area contributed by atoms with Gasteiger partial charge < -0.3 is 4.42 Å². The lowest BCUT2D eigenvalue weighted by Gasteiger charge is -2.07. The Kier molecular flexibility index (Phi) is 3.41. The fraction of sp³-hybridized carbons (Fsp3) is 0. The molecule has 1 aromatic carbocycles. The normalized spacial score (nSPS) is 11.9. The highest BCUT2D eigenvalue weighted by Crippen LogP contribution is 2.36. The molecule has 2 heterocycles. The van der Waals surface area contributed by atoms with E-state index in [1.54, 1.807) is 24.3 Å². The summed E-state index contributed by atoms with van der Waals surface area (Å²) in [4.78, 5) is 0. The number of hydrogen-bond acceptors (Lipinski definition) is 4. The van der Waals surface area contributed by atoms with Gasteiger partial charge >= 0.3 is 0 Å². The maximum atomic E-state index is 12.3. The lowest BCUT2D eigenvalue weighted by atomic mass is 10.2. The first-order valence-electron chi connectivity index (χ1n) is 5.40. The first kappa shape index (κ1) is 13.8. The van der Waals surface area contributed by atoms with E-state index in [0.29, 0.717) is 16.7 Å². The van der Waals surface area contributed by atoms with Gasteiger partial charge in [0.25, 0.3) is 10.0 Å². The van der Waals surface area contributed by atoms with Crippen LogP contribution >= 0.6 is 34.5 Å². The Balaban J connectivity index is 2.06. The lowest BCUT2D eigenvalue weighted by molar-refractivity contribution is 0.603. The standard InChI is InChI=1S/C12H7Cl2NO3S2/c13-8-6-19-12(11(8)14)20(16,17)15-9-2-1-3-10-7(9)4-5-18-10/h1-6,15H. The van der Waals surface area contributed by atoms with Crippen molar-refractivity contribution in [1.29, 1.82) is 0 Å². The van der Waals surface area contributed by atoms with Crippen LogP contribution in [-0.2, 0) is 10.0 Å². The van der Waals surface area contributed by atoms with E-state index in [1.807, 2.05) is 0 Å². The first-order valence-corrected chi connectivity index (χ1v) is 8.52.